The van der Waals surface area contributed by atoms with Crippen molar-refractivity contribution < 1.29 is 0 Å². The summed E-state index contributed by atoms with van der Waals surface area (Å²) in [6.07, 6.45) is 10.2. The first-order chi connectivity index (χ1) is 9.81. The fourth-order valence-electron chi connectivity index (χ4n) is 2.51. The Kier molecular flexibility index (Phi) is 3.33. The van der Waals surface area contributed by atoms with Crippen LogP contribution >= 0.6 is 0 Å². The fourth-order valence-corrected chi connectivity index (χ4v) is 2.51. The smallest absolute Gasteiger partial charge is 0.161 e. The fraction of sp³-hybridized carbons (Fsp3) is 0.267. The van der Waals surface area contributed by atoms with E-state index in [0.717, 1.165) is 23.6 Å². The van der Waals surface area contributed by atoms with Crippen LogP contribution in [0.2, 0.25) is 0 Å². The summed E-state index contributed by atoms with van der Waals surface area (Å²) in [4.78, 5) is 16.1. The summed E-state index contributed by atoms with van der Waals surface area (Å²) in [5.74, 6) is 0.896. The molecular formula is C15H17N5. The first-order valence-electron chi connectivity index (χ1n) is 6.74. The van der Waals surface area contributed by atoms with E-state index >= 15 is 0 Å². The van der Waals surface area contributed by atoms with Gasteiger partial charge in [0.15, 0.2) is 5.82 Å². The third kappa shape index (κ3) is 2.11. The van der Waals surface area contributed by atoms with Crippen LogP contribution in [0.15, 0.2) is 43.2 Å². The number of imidazole rings is 2. The van der Waals surface area contributed by atoms with Gasteiger partial charge in [-0.3, -0.25) is 4.98 Å². The summed E-state index contributed by atoms with van der Waals surface area (Å²) in [5, 5.41) is 0. The second-order valence-electron chi connectivity index (χ2n) is 4.74. The van der Waals surface area contributed by atoms with Crippen LogP contribution in [0.4, 0.5) is 0 Å². The summed E-state index contributed by atoms with van der Waals surface area (Å²) < 4.78 is 2.18. The zero-order chi connectivity index (χ0) is 13.9. The highest BCUT2D eigenvalue weighted by Crippen LogP contribution is 2.27. The molecule has 0 unspecified atom stereocenters. The van der Waals surface area contributed by atoms with Gasteiger partial charge in [0.2, 0.25) is 0 Å². The van der Waals surface area contributed by atoms with Crippen molar-refractivity contribution in [3.63, 3.8) is 0 Å². The molecule has 0 spiro atoms. The van der Waals surface area contributed by atoms with Crippen LogP contribution < -0.4 is 0 Å². The number of nitrogens with zero attached hydrogens (tertiary/aromatic N) is 4. The Morgan fingerprint density at radius 2 is 2.00 bits per heavy atom. The Bertz CT molecular complexity index is 683. The van der Waals surface area contributed by atoms with Gasteiger partial charge in [-0.25, -0.2) is 9.97 Å². The van der Waals surface area contributed by atoms with Gasteiger partial charge in [-0.1, -0.05) is 6.92 Å². The molecule has 0 aromatic carbocycles. The zero-order valence-corrected chi connectivity index (χ0v) is 11.6. The van der Waals surface area contributed by atoms with Crippen LogP contribution in [-0.4, -0.2) is 24.5 Å². The number of aryl methyl sites for hydroxylation is 1. The van der Waals surface area contributed by atoms with E-state index in [1.807, 2.05) is 31.7 Å². The standard InChI is InChI=1S/C15H17N5/c1-3-13(12-4-6-16-7-5-12)20-9-8-17-15(20)14-11(2)18-10-19-14/h4-10,13H,3H2,1-2H3,(H,18,19)/t13-/m1/s1. The molecule has 20 heavy (non-hydrogen) atoms. The van der Waals surface area contributed by atoms with E-state index in [4.69, 9.17) is 0 Å². The molecule has 0 radical (unpaired) electrons. The van der Waals surface area contributed by atoms with Crippen LogP contribution in [0.1, 0.15) is 30.6 Å². The first-order valence-corrected chi connectivity index (χ1v) is 6.74. The molecule has 102 valence electrons. The number of hydrogen-bond acceptors (Lipinski definition) is 3. The molecule has 0 saturated carbocycles. The molecule has 1 atom stereocenters. The Morgan fingerprint density at radius 3 is 2.65 bits per heavy atom. The van der Waals surface area contributed by atoms with Gasteiger partial charge in [-0.05, 0) is 31.0 Å². The number of aromatic amines is 1. The Balaban J connectivity index is 2.07. The van der Waals surface area contributed by atoms with Gasteiger partial charge in [-0.15, -0.1) is 0 Å². The topological polar surface area (TPSA) is 59.4 Å². The van der Waals surface area contributed by atoms with Crippen LogP contribution in [0, 0.1) is 6.92 Å². The molecule has 0 aliphatic heterocycles. The van der Waals surface area contributed by atoms with Crippen molar-refractivity contribution >= 4 is 0 Å². The van der Waals surface area contributed by atoms with Crippen LogP contribution in [0.5, 0.6) is 0 Å². The number of rotatable bonds is 4. The lowest BCUT2D eigenvalue weighted by atomic mass is 10.1. The lowest BCUT2D eigenvalue weighted by Gasteiger charge is -2.19. The molecule has 0 aliphatic carbocycles. The second-order valence-corrected chi connectivity index (χ2v) is 4.74. The monoisotopic (exact) mass is 267 g/mol. The van der Waals surface area contributed by atoms with Crippen molar-refractivity contribution in [3.8, 4) is 11.5 Å². The summed E-state index contributed by atoms with van der Waals surface area (Å²) >= 11 is 0. The summed E-state index contributed by atoms with van der Waals surface area (Å²) in [7, 11) is 0. The minimum atomic E-state index is 0.242. The van der Waals surface area contributed by atoms with Crippen molar-refractivity contribution in [2.45, 2.75) is 26.3 Å². The summed E-state index contributed by atoms with van der Waals surface area (Å²) in [6, 6.07) is 4.34. The molecule has 0 saturated heterocycles. The molecular weight excluding hydrogens is 250 g/mol. The third-order valence-electron chi connectivity index (χ3n) is 3.52. The van der Waals surface area contributed by atoms with Crippen molar-refractivity contribution in [2.24, 2.45) is 0 Å². The minimum Gasteiger partial charge on any atom is -0.348 e. The SMILES string of the molecule is CC[C@H](c1ccncc1)n1ccnc1-c1nc[nH]c1C. The molecule has 3 rings (SSSR count). The van der Waals surface area contributed by atoms with E-state index in [-0.39, 0.29) is 6.04 Å². The van der Waals surface area contributed by atoms with Crippen molar-refractivity contribution in [1.29, 1.82) is 0 Å². The van der Waals surface area contributed by atoms with Gasteiger partial charge in [0, 0.05) is 30.5 Å². The van der Waals surface area contributed by atoms with Crippen molar-refractivity contribution in [3.05, 3.63) is 54.5 Å². The number of hydrogen-bond donors (Lipinski definition) is 1. The summed E-state index contributed by atoms with van der Waals surface area (Å²) in [5.41, 5.74) is 3.17. The highest BCUT2D eigenvalue weighted by atomic mass is 15.1. The molecule has 1 N–H and O–H groups in total. The first kappa shape index (κ1) is 12.6. The molecule has 3 aromatic heterocycles. The van der Waals surface area contributed by atoms with Crippen molar-refractivity contribution in [2.75, 3.05) is 0 Å². The highest BCUT2D eigenvalue weighted by Gasteiger charge is 2.18. The molecule has 5 nitrogen and oxygen atoms in total. The Morgan fingerprint density at radius 1 is 1.20 bits per heavy atom. The number of H-pyrrole nitrogens is 1. The molecule has 0 aliphatic rings. The normalized spacial score (nSPS) is 12.5. The quantitative estimate of drug-likeness (QED) is 0.790. The molecule has 0 bridgehead atoms. The lowest BCUT2D eigenvalue weighted by Crippen LogP contribution is -2.11. The summed E-state index contributed by atoms with van der Waals surface area (Å²) in [6.45, 7) is 4.18. The van der Waals surface area contributed by atoms with Gasteiger partial charge in [0.1, 0.15) is 5.69 Å². The molecule has 0 amide bonds. The minimum absolute atomic E-state index is 0.242. The lowest BCUT2D eigenvalue weighted by molar-refractivity contribution is 0.570. The van der Waals surface area contributed by atoms with Gasteiger partial charge in [0.25, 0.3) is 0 Å². The van der Waals surface area contributed by atoms with Gasteiger partial charge < -0.3 is 9.55 Å². The van der Waals surface area contributed by atoms with E-state index in [1.54, 1.807) is 6.33 Å². The predicted octanol–water partition coefficient (Wildman–Crippen LogP) is 2.98. The van der Waals surface area contributed by atoms with Gasteiger partial charge >= 0.3 is 0 Å². The number of nitrogens with one attached hydrogen (secondary N) is 1. The van der Waals surface area contributed by atoms with E-state index in [1.165, 1.54) is 5.56 Å². The number of pyridine rings is 1. The second kappa shape index (κ2) is 5.28. The molecule has 5 heteroatoms. The van der Waals surface area contributed by atoms with Crippen LogP contribution in [0.25, 0.3) is 11.5 Å². The maximum atomic E-state index is 4.48. The molecule has 0 fully saturated rings. The van der Waals surface area contributed by atoms with E-state index in [2.05, 4.69) is 43.6 Å². The van der Waals surface area contributed by atoms with Crippen LogP contribution in [0.3, 0.4) is 0 Å². The maximum absolute atomic E-state index is 4.48. The molecule has 3 heterocycles. The maximum Gasteiger partial charge on any atom is 0.161 e. The Labute approximate surface area is 117 Å². The van der Waals surface area contributed by atoms with Crippen LogP contribution in [-0.2, 0) is 0 Å². The van der Waals surface area contributed by atoms with E-state index in [9.17, 15) is 0 Å². The predicted molar refractivity (Wildman–Crippen MR) is 77.2 cm³/mol. The van der Waals surface area contributed by atoms with Gasteiger partial charge in [-0.2, -0.15) is 0 Å². The number of aromatic nitrogens is 5. The highest BCUT2D eigenvalue weighted by molar-refractivity contribution is 5.53. The van der Waals surface area contributed by atoms with E-state index < -0.39 is 0 Å². The Hall–Kier alpha value is -2.43. The van der Waals surface area contributed by atoms with E-state index in [0.29, 0.717) is 0 Å². The van der Waals surface area contributed by atoms with Crippen molar-refractivity contribution in [1.82, 2.24) is 24.5 Å². The average molecular weight is 267 g/mol. The third-order valence-corrected chi connectivity index (χ3v) is 3.52. The average Bonchev–Trinajstić information content (AvgIpc) is 3.10. The van der Waals surface area contributed by atoms with Gasteiger partial charge in [0.05, 0.1) is 12.4 Å². The molecule has 3 aromatic rings. The largest absolute Gasteiger partial charge is 0.348 e. The zero-order valence-electron chi connectivity index (χ0n) is 11.6.